The Bertz CT molecular complexity index is 476. The number of carbonyl (C=O) groups is 1. The molecule has 1 aliphatic heterocycles. The summed E-state index contributed by atoms with van der Waals surface area (Å²) in [6, 6.07) is 5.19. The minimum absolute atomic E-state index is 0.194. The summed E-state index contributed by atoms with van der Waals surface area (Å²) in [5, 5.41) is 3.43. The number of hydrogen-bond acceptors (Lipinski definition) is 2. The molecule has 19 heavy (non-hydrogen) atoms. The summed E-state index contributed by atoms with van der Waals surface area (Å²) in [6.07, 6.45) is 1.44. The van der Waals surface area contributed by atoms with Crippen LogP contribution in [0.25, 0.3) is 0 Å². The van der Waals surface area contributed by atoms with Crippen molar-refractivity contribution in [2.45, 2.75) is 18.4 Å². The van der Waals surface area contributed by atoms with E-state index < -0.39 is 5.54 Å². The minimum atomic E-state index is -0.396. The summed E-state index contributed by atoms with van der Waals surface area (Å²) in [4.78, 5) is 12.3. The largest absolute Gasteiger partial charge is 0.381 e. The fourth-order valence-corrected chi connectivity index (χ4v) is 3.13. The van der Waals surface area contributed by atoms with Gasteiger partial charge in [-0.25, -0.2) is 0 Å². The average molecular weight is 367 g/mol. The predicted octanol–water partition coefficient (Wildman–Crippen LogP) is 3.62. The third-order valence-corrected chi connectivity index (χ3v) is 4.58. The van der Waals surface area contributed by atoms with E-state index in [4.69, 9.17) is 27.9 Å². The molecule has 0 atom stereocenters. The Labute approximate surface area is 130 Å². The molecule has 1 N–H and O–H groups in total. The summed E-state index contributed by atoms with van der Waals surface area (Å²) < 4.78 is 6.15. The first-order chi connectivity index (χ1) is 9.06. The van der Waals surface area contributed by atoms with Crippen LogP contribution in [0.1, 0.15) is 23.2 Å². The molecule has 0 spiro atoms. The standard InChI is InChI=1S/C13H14BrCl2NO2/c14-9-1-2-10(11(16)7-9)12(18)17-13(8-15)3-5-19-6-4-13/h1-2,7H,3-6,8H2,(H,17,18). The molecule has 1 heterocycles. The number of halogens is 3. The molecule has 2 rings (SSSR count). The topological polar surface area (TPSA) is 38.3 Å². The zero-order chi connectivity index (χ0) is 13.9. The number of alkyl halides is 1. The van der Waals surface area contributed by atoms with Gasteiger partial charge in [-0.1, -0.05) is 27.5 Å². The first kappa shape index (κ1) is 15.1. The summed E-state index contributed by atoms with van der Waals surface area (Å²) >= 11 is 15.4. The number of hydrogen-bond donors (Lipinski definition) is 1. The maximum absolute atomic E-state index is 12.3. The molecule has 1 aromatic carbocycles. The highest BCUT2D eigenvalue weighted by Crippen LogP contribution is 2.25. The van der Waals surface area contributed by atoms with E-state index in [1.807, 2.05) is 0 Å². The highest BCUT2D eigenvalue weighted by Gasteiger charge is 2.33. The third kappa shape index (κ3) is 3.63. The van der Waals surface area contributed by atoms with Gasteiger partial charge < -0.3 is 10.1 Å². The lowest BCUT2D eigenvalue weighted by atomic mass is 9.92. The van der Waals surface area contributed by atoms with Gasteiger partial charge in [0.2, 0.25) is 0 Å². The van der Waals surface area contributed by atoms with E-state index >= 15 is 0 Å². The summed E-state index contributed by atoms with van der Waals surface area (Å²) in [5.74, 6) is 0.177. The van der Waals surface area contributed by atoms with E-state index in [1.165, 1.54) is 0 Å². The molecule has 3 nitrogen and oxygen atoms in total. The fraction of sp³-hybridized carbons (Fsp3) is 0.462. The van der Waals surface area contributed by atoms with Crippen molar-refractivity contribution in [3.63, 3.8) is 0 Å². The lowest BCUT2D eigenvalue weighted by Gasteiger charge is -2.36. The maximum Gasteiger partial charge on any atom is 0.253 e. The van der Waals surface area contributed by atoms with E-state index in [1.54, 1.807) is 18.2 Å². The molecular formula is C13H14BrCl2NO2. The molecule has 1 amide bonds. The van der Waals surface area contributed by atoms with E-state index in [0.29, 0.717) is 29.7 Å². The van der Waals surface area contributed by atoms with Gasteiger partial charge in [0.25, 0.3) is 5.91 Å². The third-order valence-electron chi connectivity index (χ3n) is 3.26. The monoisotopic (exact) mass is 365 g/mol. The number of benzene rings is 1. The highest BCUT2D eigenvalue weighted by atomic mass is 79.9. The zero-order valence-corrected chi connectivity index (χ0v) is 13.3. The normalized spacial score (nSPS) is 18.1. The van der Waals surface area contributed by atoms with Crippen molar-refractivity contribution in [3.05, 3.63) is 33.3 Å². The Morgan fingerprint density at radius 1 is 1.42 bits per heavy atom. The van der Waals surface area contributed by atoms with Crippen LogP contribution in [0.5, 0.6) is 0 Å². The molecule has 0 unspecified atom stereocenters. The van der Waals surface area contributed by atoms with Crippen molar-refractivity contribution < 1.29 is 9.53 Å². The van der Waals surface area contributed by atoms with E-state index in [-0.39, 0.29) is 5.91 Å². The second-order valence-electron chi connectivity index (χ2n) is 4.60. The molecule has 104 valence electrons. The van der Waals surface area contributed by atoms with Gasteiger partial charge in [-0.3, -0.25) is 4.79 Å². The first-order valence-corrected chi connectivity index (χ1v) is 7.68. The van der Waals surface area contributed by atoms with Crippen LogP contribution in [0.3, 0.4) is 0 Å². The van der Waals surface area contributed by atoms with E-state index in [0.717, 1.165) is 17.3 Å². The number of nitrogens with one attached hydrogen (secondary N) is 1. The Kier molecular flexibility index (Phi) is 5.12. The molecule has 0 aliphatic carbocycles. The van der Waals surface area contributed by atoms with Crippen LogP contribution in [-0.4, -0.2) is 30.5 Å². The number of ether oxygens (including phenoxy) is 1. The molecule has 0 saturated carbocycles. The quantitative estimate of drug-likeness (QED) is 0.829. The van der Waals surface area contributed by atoms with Crippen LogP contribution in [0.2, 0.25) is 5.02 Å². The van der Waals surface area contributed by atoms with Crippen LogP contribution < -0.4 is 5.32 Å². The Balaban J connectivity index is 2.15. The molecule has 0 aromatic heterocycles. The average Bonchev–Trinajstić information content (AvgIpc) is 2.39. The van der Waals surface area contributed by atoms with Gasteiger partial charge in [0.1, 0.15) is 0 Å². The van der Waals surface area contributed by atoms with Gasteiger partial charge in [-0.05, 0) is 31.0 Å². The van der Waals surface area contributed by atoms with Crippen LogP contribution in [0, 0.1) is 0 Å². The smallest absolute Gasteiger partial charge is 0.253 e. The number of carbonyl (C=O) groups excluding carboxylic acids is 1. The van der Waals surface area contributed by atoms with Gasteiger partial charge in [-0.15, -0.1) is 11.6 Å². The SMILES string of the molecule is O=C(NC1(CCl)CCOCC1)c1ccc(Br)cc1Cl. The molecule has 0 radical (unpaired) electrons. The van der Waals surface area contributed by atoms with Gasteiger partial charge in [-0.2, -0.15) is 0 Å². The summed E-state index contributed by atoms with van der Waals surface area (Å²) in [7, 11) is 0. The van der Waals surface area contributed by atoms with E-state index in [2.05, 4.69) is 21.2 Å². The van der Waals surface area contributed by atoms with Crippen molar-refractivity contribution in [1.82, 2.24) is 5.32 Å². The zero-order valence-electron chi connectivity index (χ0n) is 10.2. The van der Waals surface area contributed by atoms with Crippen molar-refractivity contribution >= 4 is 45.0 Å². The Morgan fingerprint density at radius 2 is 2.11 bits per heavy atom. The second-order valence-corrected chi connectivity index (χ2v) is 6.19. The predicted molar refractivity (Wildman–Crippen MR) is 80.1 cm³/mol. The van der Waals surface area contributed by atoms with Gasteiger partial charge in [0, 0.05) is 23.6 Å². The lowest BCUT2D eigenvalue weighted by Crippen LogP contribution is -2.53. The molecule has 1 aliphatic rings. The molecule has 1 fully saturated rings. The van der Waals surface area contributed by atoms with Gasteiger partial charge in [0.05, 0.1) is 16.1 Å². The van der Waals surface area contributed by atoms with Crippen molar-refractivity contribution in [2.24, 2.45) is 0 Å². The van der Waals surface area contributed by atoms with Crippen molar-refractivity contribution in [3.8, 4) is 0 Å². The number of rotatable bonds is 3. The van der Waals surface area contributed by atoms with Crippen LogP contribution in [0.15, 0.2) is 22.7 Å². The van der Waals surface area contributed by atoms with Crippen LogP contribution >= 0.6 is 39.1 Å². The Morgan fingerprint density at radius 3 is 2.68 bits per heavy atom. The minimum Gasteiger partial charge on any atom is -0.381 e. The summed E-state index contributed by atoms with van der Waals surface area (Å²) in [5.41, 5.74) is 0.0636. The van der Waals surface area contributed by atoms with Gasteiger partial charge in [0.15, 0.2) is 0 Å². The molecular weight excluding hydrogens is 353 g/mol. The number of amides is 1. The molecule has 6 heteroatoms. The lowest BCUT2D eigenvalue weighted by molar-refractivity contribution is 0.0434. The first-order valence-electron chi connectivity index (χ1n) is 5.98. The summed E-state index contributed by atoms with van der Waals surface area (Å²) in [6.45, 7) is 1.22. The van der Waals surface area contributed by atoms with Gasteiger partial charge >= 0.3 is 0 Å². The molecule has 0 bridgehead atoms. The molecule has 1 saturated heterocycles. The Hall–Kier alpha value is -0.290. The van der Waals surface area contributed by atoms with Crippen LogP contribution in [-0.2, 0) is 4.74 Å². The van der Waals surface area contributed by atoms with Crippen molar-refractivity contribution in [2.75, 3.05) is 19.1 Å². The maximum atomic E-state index is 12.3. The fourth-order valence-electron chi connectivity index (χ4n) is 2.04. The molecule has 1 aromatic rings. The van der Waals surface area contributed by atoms with E-state index in [9.17, 15) is 4.79 Å². The van der Waals surface area contributed by atoms with Crippen molar-refractivity contribution in [1.29, 1.82) is 0 Å². The highest BCUT2D eigenvalue weighted by molar-refractivity contribution is 9.10. The van der Waals surface area contributed by atoms with Crippen LogP contribution in [0.4, 0.5) is 0 Å². The second kappa shape index (κ2) is 6.44.